The Bertz CT molecular complexity index is 580. The van der Waals surface area contributed by atoms with Crippen LogP contribution in [0.1, 0.15) is 31.2 Å². The number of fused-ring (bicyclic) bond motifs is 1. The first-order chi connectivity index (χ1) is 9.53. The standard InChI is InChI=1S/C15H16FNO3/c16-11-3-1-4-12-10(11)5-8-17(12)13(18)9-15(14(19)20)6-2-7-15/h1,3-4H,2,5-9H2,(H,19,20). The van der Waals surface area contributed by atoms with E-state index >= 15 is 0 Å². The van der Waals surface area contributed by atoms with Gasteiger partial charge in [-0.2, -0.15) is 0 Å². The molecule has 1 aromatic carbocycles. The predicted octanol–water partition coefficient (Wildman–Crippen LogP) is 2.36. The predicted molar refractivity (Wildman–Crippen MR) is 71.0 cm³/mol. The van der Waals surface area contributed by atoms with Crippen LogP contribution in [-0.4, -0.2) is 23.5 Å². The van der Waals surface area contributed by atoms with Crippen molar-refractivity contribution in [3.05, 3.63) is 29.6 Å². The maximum Gasteiger partial charge on any atom is 0.310 e. The third-order valence-corrected chi connectivity index (χ3v) is 4.53. The van der Waals surface area contributed by atoms with Crippen molar-refractivity contribution in [2.75, 3.05) is 11.4 Å². The molecule has 0 bridgehead atoms. The molecule has 5 heteroatoms. The summed E-state index contributed by atoms with van der Waals surface area (Å²) in [6.07, 6.45) is 2.47. The first kappa shape index (κ1) is 13.1. The molecule has 1 fully saturated rings. The van der Waals surface area contributed by atoms with Crippen molar-refractivity contribution in [1.82, 2.24) is 0 Å². The summed E-state index contributed by atoms with van der Waals surface area (Å²) in [7, 11) is 0. The average molecular weight is 277 g/mol. The maximum atomic E-state index is 13.6. The normalized spacial score (nSPS) is 19.4. The number of halogens is 1. The minimum absolute atomic E-state index is 0.0122. The highest BCUT2D eigenvalue weighted by molar-refractivity contribution is 5.98. The van der Waals surface area contributed by atoms with Crippen LogP contribution in [0.4, 0.5) is 10.1 Å². The molecule has 1 amide bonds. The van der Waals surface area contributed by atoms with E-state index in [0.717, 1.165) is 6.42 Å². The molecule has 0 radical (unpaired) electrons. The van der Waals surface area contributed by atoms with Crippen LogP contribution < -0.4 is 4.90 Å². The summed E-state index contributed by atoms with van der Waals surface area (Å²) >= 11 is 0. The summed E-state index contributed by atoms with van der Waals surface area (Å²) in [6.45, 7) is 0.435. The van der Waals surface area contributed by atoms with Gasteiger partial charge in [-0.15, -0.1) is 0 Å². The highest BCUT2D eigenvalue weighted by Gasteiger charge is 2.47. The van der Waals surface area contributed by atoms with Gasteiger partial charge in [0.15, 0.2) is 0 Å². The Balaban J connectivity index is 1.81. The van der Waals surface area contributed by atoms with Gasteiger partial charge in [0.1, 0.15) is 5.82 Å². The van der Waals surface area contributed by atoms with Crippen LogP contribution in [0.15, 0.2) is 18.2 Å². The van der Waals surface area contributed by atoms with E-state index in [1.165, 1.54) is 11.0 Å². The molecule has 1 aliphatic heterocycles. The van der Waals surface area contributed by atoms with Gasteiger partial charge in [0.2, 0.25) is 5.91 Å². The Hall–Kier alpha value is -1.91. The number of carboxylic acid groups (broad SMARTS) is 1. The summed E-state index contributed by atoms with van der Waals surface area (Å²) < 4.78 is 13.6. The number of hydrogen-bond donors (Lipinski definition) is 1. The minimum Gasteiger partial charge on any atom is -0.481 e. The molecule has 2 aliphatic rings. The minimum atomic E-state index is -0.896. The molecule has 20 heavy (non-hydrogen) atoms. The number of rotatable bonds is 3. The van der Waals surface area contributed by atoms with E-state index in [-0.39, 0.29) is 18.1 Å². The van der Waals surface area contributed by atoms with Crippen LogP contribution in [0.2, 0.25) is 0 Å². The molecule has 4 nitrogen and oxygen atoms in total. The second-order valence-electron chi connectivity index (χ2n) is 5.65. The molecule has 1 saturated carbocycles. The quantitative estimate of drug-likeness (QED) is 0.922. The molecule has 0 aromatic heterocycles. The Labute approximate surface area is 116 Å². The van der Waals surface area contributed by atoms with E-state index in [4.69, 9.17) is 0 Å². The lowest BCUT2D eigenvalue weighted by molar-refractivity contribution is -0.157. The number of carbonyl (C=O) groups excluding carboxylic acids is 1. The van der Waals surface area contributed by atoms with Gasteiger partial charge in [-0.05, 0) is 31.4 Å². The van der Waals surface area contributed by atoms with Gasteiger partial charge in [0, 0.05) is 24.2 Å². The Morgan fingerprint density at radius 1 is 1.35 bits per heavy atom. The lowest BCUT2D eigenvalue weighted by atomic mass is 9.66. The van der Waals surface area contributed by atoms with Crippen LogP contribution in [0.3, 0.4) is 0 Å². The number of aliphatic carboxylic acids is 1. The van der Waals surface area contributed by atoms with Crippen molar-refractivity contribution in [2.45, 2.75) is 32.1 Å². The van der Waals surface area contributed by atoms with E-state index in [0.29, 0.717) is 37.1 Å². The number of amides is 1. The molecule has 3 rings (SSSR count). The third kappa shape index (κ3) is 1.88. The van der Waals surface area contributed by atoms with E-state index in [9.17, 15) is 19.1 Å². The fraction of sp³-hybridized carbons (Fsp3) is 0.467. The highest BCUT2D eigenvalue weighted by Crippen LogP contribution is 2.45. The number of carboxylic acids is 1. The maximum absolute atomic E-state index is 13.6. The molecular weight excluding hydrogens is 261 g/mol. The van der Waals surface area contributed by atoms with Crippen LogP contribution in [0.25, 0.3) is 0 Å². The zero-order valence-corrected chi connectivity index (χ0v) is 11.1. The molecule has 106 valence electrons. The van der Waals surface area contributed by atoms with E-state index < -0.39 is 11.4 Å². The second kappa shape index (κ2) is 4.58. The summed E-state index contributed by atoms with van der Waals surface area (Å²) in [5.74, 6) is -1.40. The number of carbonyl (C=O) groups is 2. The largest absolute Gasteiger partial charge is 0.481 e. The average Bonchev–Trinajstić information content (AvgIpc) is 2.78. The first-order valence-electron chi connectivity index (χ1n) is 6.85. The molecule has 1 N–H and O–H groups in total. The molecule has 1 aromatic rings. The van der Waals surface area contributed by atoms with Crippen molar-refractivity contribution in [2.24, 2.45) is 5.41 Å². The summed E-state index contributed by atoms with van der Waals surface area (Å²) in [5.41, 5.74) is 0.251. The zero-order chi connectivity index (χ0) is 14.3. The number of benzene rings is 1. The van der Waals surface area contributed by atoms with Gasteiger partial charge in [0.25, 0.3) is 0 Å². The van der Waals surface area contributed by atoms with Gasteiger partial charge in [0.05, 0.1) is 5.41 Å². The summed E-state index contributed by atoms with van der Waals surface area (Å²) in [6, 6.07) is 4.69. The molecule has 1 aliphatic carbocycles. The van der Waals surface area contributed by atoms with E-state index in [1.807, 2.05) is 0 Å². The zero-order valence-electron chi connectivity index (χ0n) is 11.1. The van der Waals surface area contributed by atoms with Crippen molar-refractivity contribution in [1.29, 1.82) is 0 Å². The number of anilines is 1. The summed E-state index contributed by atoms with van der Waals surface area (Å²) in [4.78, 5) is 25.2. The Morgan fingerprint density at radius 3 is 2.70 bits per heavy atom. The van der Waals surface area contributed by atoms with Gasteiger partial charge in [-0.3, -0.25) is 9.59 Å². The van der Waals surface area contributed by atoms with Crippen molar-refractivity contribution >= 4 is 17.6 Å². The molecule has 1 heterocycles. The SMILES string of the molecule is O=C(CC1(C(=O)O)CCC1)N1CCc2c(F)cccc21. The smallest absolute Gasteiger partial charge is 0.310 e. The lowest BCUT2D eigenvalue weighted by Gasteiger charge is -2.38. The molecule has 0 spiro atoms. The fourth-order valence-electron chi connectivity index (χ4n) is 3.11. The lowest BCUT2D eigenvalue weighted by Crippen LogP contribution is -2.43. The second-order valence-corrected chi connectivity index (χ2v) is 5.65. The van der Waals surface area contributed by atoms with Crippen LogP contribution in [-0.2, 0) is 16.0 Å². The molecule has 0 unspecified atom stereocenters. The third-order valence-electron chi connectivity index (χ3n) is 4.53. The van der Waals surface area contributed by atoms with Gasteiger partial charge < -0.3 is 10.0 Å². The van der Waals surface area contributed by atoms with E-state index in [2.05, 4.69) is 0 Å². The van der Waals surface area contributed by atoms with Gasteiger partial charge in [-0.25, -0.2) is 4.39 Å². The number of nitrogens with zero attached hydrogens (tertiary/aromatic N) is 1. The van der Waals surface area contributed by atoms with Crippen molar-refractivity contribution in [3.63, 3.8) is 0 Å². The Morgan fingerprint density at radius 2 is 2.10 bits per heavy atom. The van der Waals surface area contributed by atoms with Crippen LogP contribution >= 0.6 is 0 Å². The molecule has 0 atom stereocenters. The number of hydrogen-bond acceptors (Lipinski definition) is 2. The topological polar surface area (TPSA) is 57.6 Å². The monoisotopic (exact) mass is 277 g/mol. The van der Waals surface area contributed by atoms with Crippen molar-refractivity contribution in [3.8, 4) is 0 Å². The fourth-order valence-corrected chi connectivity index (χ4v) is 3.11. The molecular formula is C15H16FNO3. The molecule has 0 saturated heterocycles. The van der Waals surface area contributed by atoms with Crippen molar-refractivity contribution < 1.29 is 19.1 Å². The Kier molecular flexibility index (Phi) is 3.00. The summed E-state index contributed by atoms with van der Waals surface area (Å²) in [5, 5.41) is 9.28. The first-order valence-corrected chi connectivity index (χ1v) is 6.85. The highest BCUT2D eigenvalue weighted by atomic mass is 19.1. The van der Waals surface area contributed by atoms with Crippen LogP contribution in [0, 0.1) is 11.2 Å². The van der Waals surface area contributed by atoms with Gasteiger partial charge >= 0.3 is 5.97 Å². The van der Waals surface area contributed by atoms with Gasteiger partial charge in [-0.1, -0.05) is 12.5 Å². The van der Waals surface area contributed by atoms with Crippen LogP contribution in [0.5, 0.6) is 0 Å². The van der Waals surface area contributed by atoms with E-state index in [1.54, 1.807) is 12.1 Å².